The van der Waals surface area contributed by atoms with Gasteiger partial charge < -0.3 is 10.4 Å². The van der Waals surface area contributed by atoms with Gasteiger partial charge in [-0.05, 0) is 38.1 Å². The highest BCUT2D eigenvalue weighted by atomic mass is 16.4. The van der Waals surface area contributed by atoms with Gasteiger partial charge >= 0.3 is 5.97 Å². The number of aliphatic carboxylic acids is 1. The molecule has 0 aliphatic heterocycles. The molecule has 0 bridgehead atoms. The summed E-state index contributed by atoms with van der Waals surface area (Å²) in [6.45, 7) is 3.30. The lowest BCUT2D eigenvalue weighted by Crippen LogP contribution is -2.22. The van der Waals surface area contributed by atoms with E-state index in [1.54, 1.807) is 24.3 Å². The summed E-state index contributed by atoms with van der Waals surface area (Å²) in [6.07, 6.45) is 0. The standard InChI is InChI=1S/C20H18N4O3/c1-12-7-9-14(10-8-12)21-18-11-16(15-5-3-4-6-17(15)22-18)19(25)24-23-13(2)20(26)27/h3-11H,1-2H3,(H,21,22)(H,24,25)(H,26,27)/b23-13+. The molecule has 0 atom stereocenters. The Balaban J connectivity index is 1.97. The monoisotopic (exact) mass is 362 g/mol. The summed E-state index contributed by atoms with van der Waals surface area (Å²) >= 11 is 0. The molecule has 7 heteroatoms. The number of para-hydroxylation sites is 1. The predicted octanol–water partition coefficient (Wildman–Crippen LogP) is 3.48. The summed E-state index contributed by atoms with van der Waals surface area (Å²) in [6, 6.07) is 16.6. The van der Waals surface area contributed by atoms with Gasteiger partial charge in [-0.25, -0.2) is 15.2 Å². The van der Waals surface area contributed by atoms with Gasteiger partial charge in [0.25, 0.3) is 5.91 Å². The van der Waals surface area contributed by atoms with Crippen LogP contribution in [0.3, 0.4) is 0 Å². The summed E-state index contributed by atoms with van der Waals surface area (Å²) in [5.74, 6) is -1.21. The van der Waals surface area contributed by atoms with Gasteiger partial charge in [0, 0.05) is 11.1 Å². The van der Waals surface area contributed by atoms with Gasteiger partial charge in [-0.1, -0.05) is 35.9 Å². The molecule has 136 valence electrons. The highest BCUT2D eigenvalue weighted by Gasteiger charge is 2.13. The van der Waals surface area contributed by atoms with Crippen molar-refractivity contribution in [3.63, 3.8) is 0 Å². The van der Waals surface area contributed by atoms with Crippen molar-refractivity contribution in [1.82, 2.24) is 10.4 Å². The molecular weight excluding hydrogens is 344 g/mol. The normalized spacial score (nSPS) is 11.3. The van der Waals surface area contributed by atoms with Gasteiger partial charge in [0.1, 0.15) is 11.5 Å². The van der Waals surface area contributed by atoms with Gasteiger partial charge in [0.15, 0.2) is 0 Å². The average molecular weight is 362 g/mol. The van der Waals surface area contributed by atoms with Crippen molar-refractivity contribution in [3.05, 3.63) is 65.7 Å². The van der Waals surface area contributed by atoms with Crippen LogP contribution in [-0.2, 0) is 4.79 Å². The zero-order valence-electron chi connectivity index (χ0n) is 14.9. The van der Waals surface area contributed by atoms with Crippen LogP contribution in [-0.4, -0.2) is 27.7 Å². The number of hydrogen-bond donors (Lipinski definition) is 3. The summed E-state index contributed by atoms with van der Waals surface area (Å²) in [4.78, 5) is 27.9. The first-order valence-electron chi connectivity index (χ1n) is 8.25. The SMILES string of the molecule is C/C(=N\NC(=O)c1cc(Nc2ccc(C)cc2)nc2ccccc12)C(=O)O. The van der Waals surface area contributed by atoms with Gasteiger partial charge in [-0.3, -0.25) is 4.79 Å². The van der Waals surface area contributed by atoms with Crippen molar-refractivity contribution in [2.24, 2.45) is 5.10 Å². The summed E-state index contributed by atoms with van der Waals surface area (Å²) < 4.78 is 0. The van der Waals surface area contributed by atoms with Gasteiger partial charge in [0.05, 0.1) is 11.1 Å². The van der Waals surface area contributed by atoms with E-state index in [2.05, 4.69) is 20.8 Å². The van der Waals surface area contributed by atoms with Crippen LogP contribution in [0.5, 0.6) is 0 Å². The summed E-state index contributed by atoms with van der Waals surface area (Å²) in [5, 5.41) is 16.3. The van der Waals surface area contributed by atoms with E-state index in [9.17, 15) is 9.59 Å². The first-order valence-corrected chi connectivity index (χ1v) is 8.25. The fourth-order valence-electron chi connectivity index (χ4n) is 2.45. The van der Waals surface area contributed by atoms with Crippen molar-refractivity contribution in [2.45, 2.75) is 13.8 Å². The molecule has 1 amide bonds. The smallest absolute Gasteiger partial charge is 0.351 e. The minimum absolute atomic E-state index is 0.209. The van der Waals surface area contributed by atoms with E-state index in [-0.39, 0.29) is 5.71 Å². The second-order valence-electron chi connectivity index (χ2n) is 6.01. The molecule has 0 spiro atoms. The first kappa shape index (κ1) is 18.1. The Kier molecular flexibility index (Phi) is 5.12. The number of amides is 1. The molecule has 3 aromatic rings. The number of aromatic nitrogens is 1. The van der Waals surface area contributed by atoms with Gasteiger partial charge in [-0.15, -0.1) is 0 Å². The highest BCUT2D eigenvalue weighted by Crippen LogP contribution is 2.23. The number of fused-ring (bicyclic) bond motifs is 1. The Morgan fingerprint density at radius 3 is 2.48 bits per heavy atom. The van der Waals surface area contributed by atoms with Gasteiger partial charge in [0.2, 0.25) is 0 Å². The van der Waals surface area contributed by atoms with Crippen LogP contribution in [0, 0.1) is 6.92 Å². The minimum atomic E-state index is -1.20. The fourth-order valence-corrected chi connectivity index (χ4v) is 2.45. The molecule has 27 heavy (non-hydrogen) atoms. The maximum atomic E-state index is 12.6. The Labute approximate surface area is 155 Å². The molecular formula is C20H18N4O3. The lowest BCUT2D eigenvalue weighted by atomic mass is 10.1. The van der Waals surface area contributed by atoms with Crippen molar-refractivity contribution >= 4 is 40.0 Å². The topological polar surface area (TPSA) is 104 Å². The fraction of sp³-hybridized carbons (Fsp3) is 0.100. The molecule has 0 unspecified atom stereocenters. The Bertz CT molecular complexity index is 1040. The Morgan fingerprint density at radius 1 is 1.07 bits per heavy atom. The maximum Gasteiger partial charge on any atom is 0.351 e. The largest absolute Gasteiger partial charge is 0.477 e. The van der Waals surface area contributed by atoms with Crippen LogP contribution < -0.4 is 10.7 Å². The van der Waals surface area contributed by atoms with Crippen LogP contribution in [0.1, 0.15) is 22.8 Å². The van der Waals surface area contributed by atoms with Gasteiger partial charge in [-0.2, -0.15) is 5.10 Å². The quantitative estimate of drug-likeness (QED) is 0.476. The number of benzene rings is 2. The van der Waals surface area contributed by atoms with Crippen LogP contribution in [0.25, 0.3) is 10.9 Å². The third-order valence-electron chi connectivity index (χ3n) is 3.92. The molecule has 2 aromatic carbocycles. The molecule has 0 fully saturated rings. The molecule has 1 aromatic heterocycles. The molecule has 7 nitrogen and oxygen atoms in total. The van der Waals surface area contributed by atoms with E-state index in [1.165, 1.54) is 6.92 Å². The number of aryl methyl sites for hydroxylation is 1. The number of carboxylic acids is 1. The zero-order chi connectivity index (χ0) is 19.4. The molecule has 0 radical (unpaired) electrons. The third kappa shape index (κ3) is 4.27. The van der Waals surface area contributed by atoms with Crippen molar-refractivity contribution in [3.8, 4) is 0 Å². The lowest BCUT2D eigenvalue weighted by molar-refractivity contribution is -0.129. The maximum absolute atomic E-state index is 12.6. The Hall–Kier alpha value is -3.74. The molecule has 0 aliphatic rings. The number of carbonyl (C=O) groups is 2. The highest BCUT2D eigenvalue weighted by molar-refractivity contribution is 6.34. The number of anilines is 2. The Morgan fingerprint density at radius 2 is 1.78 bits per heavy atom. The van der Waals surface area contributed by atoms with Crippen LogP contribution >= 0.6 is 0 Å². The van der Waals surface area contributed by atoms with Crippen LogP contribution in [0.4, 0.5) is 11.5 Å². The van der Waals surface area contributed by atoms with Crippen molar-refractivity contribution in [2.75, 3.05) is 5.32 Å². The van der Waals surface area contributed by atoms with Crippen molar-refractivity contribution in [1.29, 1.82) is 0 Å². The minimum Gasteiger partial charge on any atom is -0.477 e. The first-order chi connectivity index (χ1) is 12.9. The average Bonchev–Trinajstić information content (AvgIpc) is 2.67. The lowest BCUT2D eigenvalue weighted by Gasteiger charge is -2.11. The zero-order valence-corrected chi connectivity index (χ0v) is 14.9. The van der Waals surface area contributed by atoms with E-state index in [1.807, 2.05) is 37.3 Å². The van der Waals surface area contributed by atoms with E-state index >= 15 is 0 Å². The number of rotatable bonds is 5. The molecule has 3 N–H and O–H groups in total. The third-order valence-corrected chi connectivity index (χ3v) is 3.92. The molecule has 0 aliphatic carbocycles. The number of pyridine rings is 1. The predicted molar refractivity (Wildman–Crippen MR) is 104 cm³/mol. The number of carboxylic acid groups (broad SMARTS) is 1. The number of nitrogens with one attached hydrogen (secondary N) is 2. The van der Waals surface area contributed by atoms with Crippen molar-refractivity contribution < 1.29 is 14.7 Å². The van der Waals surface area contributed by atoms with E-state index in [4.69, 9.17) is 5.11 Å². The molecule has 0 saturated heterocycles. The van der Waals surface area contributed by atoms with E-state index in [0.29, 0.717) is 22.3 Å². The second kappa shape index (κ2) is 7.65. The summed E-state index contributed by atoms with van der Waals surface area (Å²) in [7, 11) is 0. The van der Waals surface area contributed by atoms with E-state index in [0.717, 1.165) is 11.3 Å². The second-order valence-corrected chi connectivity index (χ2v) is 6.01. The molecule has 1 heterocycles. The van der Waals surface area contributed by atoms with E-state index < -0.39 is 11.9 Å². The number of hydrazone groups is 1. The van der Waals surface area contributed by atoms with Crippen LogP contribution in [0.2, 0.25) is 0 Å². The molecule has 0 saturated carbocycles. The molecule has 3 rings (SSSR count). The number of hydrogen-bond acceptors (Lipinski definition) is 5. The number of carbonyl (C=O) groups excluding carboxylic acids is 1. The van der Waals surface area contributed by atoms with Crippen LogP contribution in [0.15, 0.2) is 59.7 Å². The number of nitrogens with zero attached hydrogens (tertiary/aromatic N) is 2. The summed E-state index contributed by atoms with van der Waals surface area (Å²) in [5.41, 5.74) is 5.04.